The summed E-state index contributed by atoms with van der Waals surface area (Å²) in [6, 6.07) is 0. The highest BCUT2D eigenvalue weighted by molar-refractivity contribution is 4.74. The summed E-state index contributed by atoms with van der Waals surface area (Å²) in [5, 5.41) is 0. The summed E-state index contributed by atoms with van der Waals surface area (Å²) in [6.45, 7) is 2.16. The molecule has 2 heteroatoms. The minimum absolute atomic E-state index is 0.121. The van der Waals surface area contributed by atoms with Crippen molar-refractivity contribution in [1.82, 2.24) is 0 Å². The smallest absolute Gasteiger partial charge is 0.207 e. The van der Waals surface area contributed by atoms with Crippen LogP contribution in [-0.2, 0) is 0 Å². The molecule has 1 saturated carbocycles. The van der Waals surface area contributed by atoms with Crippen LogP contribution in [0, 0.1) is 5.92 Å². The van der Waals surface area contributed by atoms with Gasteiger partial charge in [0.2, 0.25) is 5.92 Å². The monoisotopic (exact) mass is 190 g/mol. The maximum Gasteiger partial charge on any atom is 0.248 e. The van der Waals surface area contributed by atoms with E-state index in [9.17, 15) is 8.78 Å². The van der Waals surface area contributed by atoms with Crippen molar-refractivity contribution in [2.45, 2.75) is 64.2 Å². The van der Waals surface area contributed by atoms with Crippen molar-refractivity contribution in [2.24, 2.45) is 5.92 Å². The van der Waals surface area contributed by atoms with E-state index in [-0.39, 0.29) is 12.8 Å². The molecule has 1 unspecified atom stereocenters. The van der Waals surface area contributed by atoms with Crippen molar-refractivity contribution in [2.75, 3.05) is 0 Å². The van der Waals surface area contributed by atoms with E-state index in [0.29, 0.717) is 5.92 Å². The van der Waals surface area contributed by atoms with Gasteiger partial charge in [-0.15, -0.1) is 0 Å². The first-order valence-corrected chi connectivity index (χ1v) is 5.52. The molecule has 0 amide bonds. The Morgan fingerprint density at radius 1 is 1.23 bits per heavy atom. The number of hydrogen-bond acceptors (Lipinski definition) is 0. The fraction of sp³-hybridized carbons (Fsp3) is 1.00. The van der Waals surface area contributed by atoms with Crippen LogP contribution < -0.4 is 0 Å². The van der Waals surface area contributed by atoms with E-state index in [4.69, 9.17) is 0 Å². The van der Waals surface area contributed by atoms with Gasteiger partial charge in [-0.1, -0.05) is 32.6 Å². The summed E-state index contributed by atoms with van der Waals surface area (Å²) in [6.07, 6.45) is 6.29. The number of unbranched alkanes of at least 4 members (excludes halogenated alkanes) is 1. The minimum atomic E-state index is -2.36. The van der Waals surface area contributed by atoms with Crippen LogP contribution in [0.3, 0.4) is 0 Å². The van der Waals surface area contributed by atoms with Gasteiger partial charge in [0.1, 0.15) is 0 Å². The molecule has 0 radical (unpaired) electrons. The third kappa shape index (κ3) is 4.06. The third-order valence-electron chi connectivity index (χ3n) is 3.04. The molecule has 0 spiro atoms. The van der Waals surface area contributed by atoms with Crippen LogP contribution in [0.5, 0.6) is 0 Å². The predicted octanol–water partition coefficient (Wildman–Crippen LogP) is 4.39. The lowest BCUT2D eigenvalue weighted by Gasteiger charge is -2.14. The van der Waals surface area contributed by atoms with Gasteiger partial charge in [0.25, 0.3) is 0 Å². The van der Waals surface area contributed by atoms with Gasteiger partial charge < -0.3 is 0 Å². The Kier molecular flexibility index (Phi) is 4.14. The Bertz CT molecular complexity index is 143. The van der Waals surface area contributed by atoms with Gasteiger partial charge in [-0.2, -0.15) is 0 Å². The van der Waals surface area contributed by atoms with Crippen LogP contribution in [0.25, 0.3) is 0 Å². The van der Waals surface area contributed by atoms with Crippen LogP contribution in [0.1, 0.15) is 58.3 Å². The zero-order valence-electron chi connectivity index (χ0n) is 8.49. The van der Waals surface area contributed by atoms with Crippen LogP contribution >= 0.6 is 0 Å². The lowest BCUT2D eigenvalue weighted by Crippen LogP contribution is -2.13. The molecule has 0 nitrogen and oxygen atoms in total. The second-order valence-corrected chi connectivity index (χ2v) is 4.30. The van der Waals surface area contributed by atoms with E-state index in [0.717, 1.165) is 25.7 Å². The highest BCUT2D eigenvalue weighted by atomic mass is 19.3. The van der Waals surface area contributed by atoms with Crippen LogP contribution in [0.4, 0.5) is 8.78 Å². The first-order valence-electron chi connectivity index (χ1n) is 5.52. The molecule has 13 heavy (non-hydrogen) atoms. The topological polar surface area (TPSA) is 0 Å². The van der Waals surface area contributed by atoms with E-state index in [1.54, 1.807) is 0 Å². The summed E-state index contributed by atoms with van der Waals surface area (Å²) in [5.74, 6) is -1.78. The van der Waals surface area contributed by atoms with Crippen molar-refractivity contribution in [3.05, 3.63) is 0 Å². The molecule has 1 aliphatic rings. The summed E-state index contributed by atoms with van der Waals surface area (Å²) >= 11 is 0. The molecule has 1 rings (SSSR count). The van der Waals surface area contributed by atoms with E-state index >= 15 is 0 Å². The normalized spacial score (nSPS) is 28.4. The maximum absolute atomic E-state index is 13.0. The average molecular weight is 190 g/mol. The van der Waals surface area contributed by atoms with Crippen molar-refractivity contribution in [3.8, 4) is 0 Å². The van der Waals surface area contributed by atoms with E-state index < -0.39 is 5.92 Å². The maximum atomic E-state index is 13.0. The molecule has 0 saturated heterocycles. The Hall–Kier alpha value is -0.140. The van der Waals surface area contributed by atoms with Gasteiger partial charge in [-0.3, -0.25) is 0 Å². The lowest BCUT2D eigenvalue weighted by atomic mass is 9.94. The lowest BCUT2D eigenvalue weighted by molar-refractivity contribution is -0.0148. The number of halogens is 2. The molecule has 1 fully saturated rings. The highest BCUT2D eigenvalue weighted by Gasteiger charge is 2.31. The highest BCUT2D eigenvalue weighted by Crippen LogP contribution is 2.35. The van der Waals surface area contributed by atoms with Gasteiger partial charge in [-0.25, -0.2) is 8.78 Å². The Balaban J connectivity index is 2.28. The summed E-state index contributed by atoms with van der Waals surface area (Å²) in [7, 11) is 0. The van der Waals surface area contributed by atoms with Crippen molar-refractivity contribution >= 4 is 0 Å². The predicted molar refractivity (Wildman–Crippen MR) is 51.0 cm³/mol. The van der Waals surface area contributed by atoms with Crippen LogP contribution in [0.15, 0.2) is 0 Å². The van der Waals surface area contributed by atoms with Gasteiger partial charge in [-0.05, 0) is 18.8 Å². The Morgan fingerprint density at radius 3 is 2.69 bits per heavy atom. The molecule has 0 aromatic rings. The Morgan fingerprint density at radius 2 is 2.00 bits per heavy atom. The zero-order chi connectivity index (χ0) is 9.73. The van der Waals surface area contributed by atoms with Crippen molar-refractivity contribution in [3.63, 3.8) is 0 Å². The number of rotatable bonds is 3. The molecule has 0 bridgehead atoms. The fourth-order valence-corrected chi connectivity index (χ4v) is 2.12. The standard InChI is InChI=1S/C11H20F2/c1-2-3-5-10-6-4-8-11(12,13)9-7-10/h10H,2-9H2,1H3. The molecule has 0 N–H and O–H groups in total. The second-order valence-electron chi connectivity index (χ2n) is 4.30. The van der Waals surface area contributed by atoms with E-state index in [2.05, 4.69) is 6.92 Å². The van der Waals surface area contributed by atoms with Crippen molar-refractivity contribution in [1.29, 1.82) is 0 Å². The molecule has 0 aliphatic heterocycles. The van der Waals surface area contributed by atoms with Gasteiger partial charge in [0.15, 0.2) is 0 Å². The number of alkyl halides is 2. The summed E-state index contributed by atoms with van der Waals surface area (Å²) < 4.78 is 25.9. The zero-order valence-corrected chi connectivity index (χ0v) is 8.49. The summed E-state index contributed by atoms with van der Waals surface area (Å²) in [4.78, 5) is 0. The SMILES string of the molecule is CCCCC1CCCC(F)(F)CC1. The molecule has 1 atom stereocenters. The third-order valence-corrected chi connectivity index (χ3v) is 3.04. The van der Waals surface area contributed by atoms with Crippen molar-refractivity contribution < 1.29 is 8.78 Å². The molecular weight excluding hydrogens is 170 g/mol. The average Bonchev–Trinajstić information content (AvgIpc) is 2.23. The molecule has 0 heterocycles. The van der Waals surface area contributed by atoms with Crippen LogP contribution in [-0.4, -0.2) is 5.92 Å². The van der Waals surface area contributed by atoms with Gasteiger partial charge >= 0.3 is 0 Å². The van der Waals surface area contributed by atoms with Crippen LogP contribution in [0.2, 0.25) is 0 Å². The number of hydrogen-bond donors (Lipinski definition) is 0. The molecule has 1 aliphatic carbocycles. The Labute approximate surface area is 79.7 Å². The minimum Gasteiger partial charge on any atom is -0.207 e. The first kappa shape index (κ1) is 10.9. The molecule has 0 aromatic carbocycles. The molecular formula is C11H20F2. The quantitative estimate of drug-likeness (QED) is 0.579. The summed E-state index contributed by atoms with van der Waals surface area (Å²) in [5.41, 5.74) is 0. The first-order chi connectivity index (χ1) is 6.14. The van der Waals surface area contributed by atoms with Gasteiger partial charge in [0.05, 0.1) is 0 Å². The second kappa shape index (κ2) is 4.92. The molecule has 0 aromatic heterocycles. The van der Waals surface area contributed by atoms with Gasteiger partial charge in [0, 0.05) is 12.8 Å². The largest absolute Gasteiger partial charge is 0.248 e. The van der Waals surface area contributed by atoms with E-state index in [1.165, 1.54) is 12.8 Å². The fourth-order valence-electron chi connectivity index (χ4n) is 2.12. The molecule has 78 valence electrons. The van der Waals surface area contributed by atoms with E-state index in [1.807, 2.05) is 0 Å².